The Morgan fingerprint density at radius 1 is 1.44 bits per heavy atom. The zero-order valence-corrected chi connectivity index (χ0v) is 7.13. The molecule has 0 saturated heterocycles. The van der Waals surface area contributed by atoms with E-state index in [1.807, 2.05) is 0 Å². The molecule has 2 rings (SSSR count). The average Bonchev–Trinajstić information content (AvgIpc) is 2.35. The molecule has 2 aliphatic rings. The van der Waals surface area contributed by atoms with Gasteiger partial charge in [-0.1, -0.05) is 0 Å². The van der Waals surface area contributed by atoms with E-state index in [0.29, 0.717) is 15.3 Å². The van der Waals surface area contributed by atoms with E-state index < -0.39 is 0 Å². The molecule has 1 heterocycles. The molecule has 0 fully saturated rings. The van der Waals surface area contributed by atoms with E-state index in [4.69, 9.17) is 0 Å². The first-order valence-corrected chi connectivity index (χ1v) is 5.04. The first kappa shape index (κ1) is 5.43. The fraction of sp³-hybridized carbons (Fsp3) is 0.125. The van der Waals surface area contributed by atoms with Gasteiger partial charge in [0, 0.05) is 0 Å². The van der Waals surface area contributed by atoms with Crippen LogP contribution in [0, 0.1) is 0 Å². The molecule has 0 radical (unpaired) electrons. The van der Waals surface area contributed by atoms with Crippen LogP contribution >= 0.6 is 0 Å². The summed E-state index contributed by atoms with van der Waals surface area (Å²) in [7, 11) is 0. The fourth-order valence-electron chi connectivity index (χ4n) is 1.09. The van der Waals surface area contributed by atoms with Gasteiger partial charge >= 0.3 is 60.8 Å². The predicted molar refractivity (Wildman–Crippen MR) is 41.7 cm³/mol. The van der Waals surface area contributed by atoms with Crippen molar-refractivity contribution in [2.24, 2.45) is 0 Å². The molecule has 0 atom stereocenters. The van der Waals surface area contributed by atoms with Crippen LogP contribution < -0.4 is 0 Å². The van der Waals surface area contributed by atoms with E-state index >= 15 is 0 Å². The quantitative estimate of drug-likeness (QED) is 0.490. The van der Waals surface area contributed by atoms with E-state index in [-0.39, 0.29) is 0 Å². The van der Waals surface area contributed by atoms with Crippen molar-refractivity contribution in [2.75, 3.05) is 0 Å². The van der Waals surface area contributed by atoms with Crippen LogP contribution in [0.1, 0.15) is 6.92 Å². The zero-order valence-electron chi connectivity index (χ0n) is 5.26. The van der Waals surface area contributed by atoms with Crippen molar-refractivity contribution in [3.8, 4) is 0 Å². The zero-order chi connectivity index (χ0) is 6.27. The summed E-state index contributed by atoms with van der Waals surface area (Å²) in [6, 6.07) is 0. The number of rotatable bonds is 0. The summed E-state index contributed by atoms with van der Waals surface area (Å²) >= 11 is 0.389. The van der Waals surface area contributed by atoms with Gasteiger partial charge in [-0.05, 0) is 0 Å². The first-order chi connectivity index (χ1) is 4.38. The standard InChI is InChI=1S/C8H7As/c1-6-5-9-8-4-2-3-7(6)8/h2-5H,1H3. The molecule has 0 aromatic carbocycles. The van der Waals surface area contributed by atoms with Gasteiger partial charge in [0.2, 0.25) is 0 Å². The molecular weight excluding hydrogens is 171 g/mol. The molecule has 0 bridgehead atoms. The van der Waals surface area contributed by atoms with Crippen LogP contribution in [0.5, 0.6) is 0 Å². The van der Waals surface area contributed by atoms with E-state index in [2.05, 4.69) is 30.0 Å². The molecule has 1 aliphatic carbocycles. The van der Waals surface area contributed by atoms with Crippen molar-refractivity contribution >= 4 is 19.6 Å². The Morgan fingerprint density at radius 3 is 3.11 bits per heavy atom. The molecule has 1 heteroatoms. The number of allylic oxidation sites excluding steroid dienone is 5. The molecule has 0 unspecified atom stereocenters. The molecule has 0 saturated carbocycles. The molecule has 1 aliphatic heterocycles. The van der Waals surface area contributed by atoms with Gasteiger partial charge in [-0.25, -0.2) is 0 Å². The van der Waals surface area contributed by atoms with Crippen molar-refractivity contribution in [1.82, 2.24) is 0 Å². The SMILES string of the molecule is CC1=C[As]=C2C=CC=C12. The Balaban J connectivity index is 2.53. The summed E-state index contributed by atoms with van der Waals surface area (Å²) < 4.78 is 1.59. The van der Waals surface area contributed by atoms with Crippen LogP contribution in [-0.4, -0.2) is 19.6 Å². The summed E-state index contributed by atoms with van der Waals surface area (Å²) in [6.07, 6.45) is 6.60. The van der Waals surface area contributed by atoms with Gasteiger partial charge in [-0.2, -0.15) is 0 Å². The molecule has 0 N–H and O–H groups in total. The summed E-state index contributed by atoms with van der Waals surface area (Å²) in [4.78, 5) is 2.38. The van der Waals surface area contributed by atoms with E-state index in [9.17, 15) is 0 Å². The van der Waals surface area contributed by atoms with Gasteiger partial charge in [0.1, 0.15) is 0 Å². The second-order valence-corrected chi connectivity index (χ2v) is 4.36. The van der Waals surface area contributed by atoms with Crippen LogP contribution in [0.25, 0.3) is 0 Å². The monoisotopic (exact) mass is 178 g/mol. The van der Waals surface area contributed by atoms with Gasteiger partial charge in [0.25, 0.3) is 0 Å². The number of hydrogen-bond acceptors (Lipinski definition) is 0. The number of fused-ring (bicyclic) bond motifs is 1. The van der Waals surface area contributed by atoms with Crippen LogP contribution in [0.3, 0.4) is 0 Å². The Bertz CT molecular complexity index is 264. The van der Waals surface area contributed by atoms with Crippen LogP contribution in [0.15, 0.2) is 34.2 Å². The Kier molecular flexibility index (Phi) is 1.10. The van der Waals surface area contributed by atoms with E-state index in [1.165, 1.54) is 11.1 Å². The molecule has 0 nitrogen and oxygen atoms in total. The molecular formula is C8H7As. The van der Waals surface area contributed by atoms with E-state index in [1.54, 1.807) is 4.30 Å². The third-order valence-electron chi connectivity index (χ3n) is 1.62. The van der Waals surface area contributed by atoms with Crippen molar-refractivity contribution in [3.05, 3.63) is 34.2 Å². The Labute approximate surface area is 61.2 Å². The summed E-state index contributed by atoms with van der Waals surface area (Å²) in [6.45, 7) is 2.20. The van der Waals surface area contributed by atoms with Crippen molar-refractivity contribution < 1.29 is 0 Å². The predicted octanol–water partition coefficient (Wildman–Crippen LogP) is 1.28. The fourth-order valence-corrected chi connectivity index (χ4v) is 3.26. The molecule has 0 aromatic rings. The van der Waals surface area contributed by atoms with Crippen LogP contribution in [-0.2, 0) is 0 Å². The third-order valence-corrected chi connectivity index (χ3v) is 4.10. The maximum atomic E-state index is 2.38. The average molecular weight is 178 g/mol. The topological polar surface area (TPSA) is 0 Å². The molecule has 0 aromatic heterocycles. The second-order valence-electron chi connectivity index (χ2n) is 2.27. The van der Waals surface area contributed by atoms with Gasteiger partial charge in [0.15, 0.2) is 0 Å². The number of hydrogen-bond donors (Lipinski definition) is 0. The van der Waals surface area contributed by atoms with Crippen LogP contribution in [0.2, 0.25) is 0 Å². The minimum absolute atomic E-state index is 0.389. The van der Waals surface area contributed by atoms with Crippen molar-refractivity contribution in [2.45, 2.75) is 6.92 Å². The summed E-state index contributed by atoms with van der Waals surface area (Å²) in [5.41, 5.74) is 2.98. The Morgan fingerprint density at radius 2 is 2.33 bits per heavy atom. The molecule has 44 valence electrons. The summed E-state index contributed by atoms with van der Waals surface area (Å²) in [5, 5.41) is 0. The normalized spacial score (nSPS) is 23.0. The van der Waals surface area contributed by atoms with Crippen LogP contribution in [0.4, 0.5) is 0 Å². The Hall–Kier alpha value is -0.352. The van der Waals surface area contributed by atoms with E-state index in [0.717, 1.165) is 0 Å². The van der Waals surface area contributed by atoms with Gasteiger partial charge in [0.05, 0.1) is 0 Å². The maximum absolute atomic E-state index is 2.38. The molecule has 9 heavy (non-hydrogen) atoms. The third kappa shape index (κ3) is 0.702. The van der Waals surface area contributed by atoms with Crippen molar-refractivity contribution in [3.63, 3.8) is 0 Å². The van der Waals surface area contributed by atoms with Gasteiger partial charge in [-0.15, -0.1) is 0 Å². The second kappa shape index (κ2) is 1.81. The first-order valence-electron chi connectivity index (χ1n) is 3.01. The summed E-state index contributed by atoms with van der Waals surface area (Å²) in [5.74, 6) is 0. The van der Waals surface area contributed by atoms with Crippen molar-refractivity contribution in [1.29, 1.82) is 0 Å². The molecule has 0 amide bonds. The molecule has 0 spiro atoms. The van der Waals surface area contributed by atoms with Gasteiger partial charge in [-0.3, -0.25) is 0 Å². The minimum atomic E-state index is 0.389. The van der Waals surface area contributed by atoms with Gasteiger partial charge < -0.3 is 0 Å².